The fraction of sp³-hybridized carbons (Fsp3) is 0.364. The number of phenolic OH excluding ortho intramolecular Hbond substituents is 1. The minimum Gasteiger partial charge on any atom is -0.507 e. The molecule has 100 valence electrons. The van der Waals surface area contributed by atoms with Crippen molar-refractivity contribution in [2.75, 3.05) is 19.0 Å². The summed E-state index contributed by atoms with van der Waals surface area (Å²) in [5, 5.41) is 9.42. The second-order valence-corrected chi connectivity index (χ2v) is 3.87. The van der Waals surface area contributed by atoms with Crippen molar-refractivity contribution in [1.82, 2.24) is 4.90 Å². The van der Waals surface area contributed by atoms with Crippen molar-refractivity contribution in [2.24, 2.45) is 0 Å². The maximum Gasteiger partial charge on any atom is 0.257 e. The molecule has 1 aromatic rings. The standard InChI is InChI=1S/C11H11ClF3NO2/c12-3-4-16(6-10(14)15)11(18)8-5-7(13)1-2-9(8)17/h1-2,5,10,17H,3-4,6H2. The molecule has 1 amide bonds. The number of nitrogens with zero attached hydrogens (tertiary/aromatic N) is 1. The van der Waals surface area contributed by atoms with E-state index in [0.29, 0.717) is 0 Å². The molecule has 0 saturated heterocycles. The molecule has 18 heavy (non-hydrogen) atoms. The van der Waals surface area contributed by atoms with Crippen LogP contribution in [0.2, 0.25) is 0 Å². The molecule has 0 aromatic heterocycles. The lowest BCUT2D eigenvalue weighted by Gasteiger charge is -2.21. The summed E-state index contributed by atoms with van der Waals surface area (Å²) in [4.78, 5) is 12.6. The fourth-order valence-electron chi connectivity index (χ4n) is 1.39. The largest absolute Gasteiger partial charge is 0.507 e. The van der Waals surface area contributed by atoms with Crippen LogP contribution in [-0.4, -0.2) is 41.3 Å². The molecule has 0 spiro atoms. The van der Waals surface area contributed by atoms with E-state index >= 15 is 0 Å². The molecule has 7 heteroatoms. The Kier molecular flexibility index (Phi) is 5.27. The summed E-state index contributed by atoms with van der Waals surface area (Å²) in [6.45, 7) is -0.928. The number of amides is 1. The predicted molar refractivity (Wildman–Crippen MR) is 60.7 cm³/mol. The highest BCUT2D eigenvalue weighted by Gasteiger charge is 2.22. The first-order valence-corrected chi connectivity index (χ1v) is 5.61. The molecule has 0 bridgehead atoms. The highest BCUT2D eigenvalue weighted by molar-refractivity contribution is 6.18. The normalized spacial score (nSPS) is 10.7. The highest BCUT2D eigenvalue weighted by Crippen LogP contribution is 2.20. The zero-order valence-electron chi connectivity index (χ0n) is 9.25. The topological polar surface area (TPSA) is 40.5 Å². The van der Waals surface area contributed by atoms with Crippen molar-refractivity contribution in [1.29, 1.82) is 0 Å². The molecule has 0 radical (unpaired) electrons. The van der Waals surface area contributed by atoms with Gasteiger partial charge >= 0.3 is 0 Å². The summed E-state index contributed by atoms with van der Waals surface area (Å²) in [7, 11) is 0. The number of phenols is 1. The van der Waals surface area contributed by atoms with Crippen LogP contribution in [0.15, 0.2) is 18.2 Å². The van der Waals surface area contributed by atoms with Crippen molar-refractivity contribution >= 4 is 17.5 Å². The SMILES string of the molecule is O=C(c1cc(F)ccc1O)N(CCCl)CC(F)F. The minimum absolute atomic E-state index is 0.0332. The first kappa shape index (κ1) is 14.6. The third-order valence-corrected chi connectivity index (χ3v) is 2.36. The maximum absolute atomic E-state index is 13.0. The lowest BCUT2D eigenvalue weighted by atomic mass is 10.1. The van der Waals surface area contributed by atoms with E-state index in [1.165, 1.54) is 0 Å². The van der Waals surface area contributed by atoms with Crippen LogP contribution >= 0.6 is 11.6 Å². The van der Waals surface area contributed by atoms with E-state index in [4.69, 9.17) is 11.6 Å². The number of rotatable bonds is 5. The maximum atomic E-state index is 13.0. The van der Waals surface area contributed by atoms with Gasteiger partial charge in [0, 0.05) is 12.4 Å². The molecule has 0 aliphatic carbocycles. The van der Waals surface area contributed by atoms with Crippen LogP contribution in [-0.2, 0) is 0 Å². The number of aromatic hydroxyl groups is 1. The molecule has 1 aromatic carbocycles. The molecular formula is C11H11ClF3NO2. The first-order valence-electron chi connectivity index (χ1n) is 5.07. The average Bonchev–Trinajstić information content (AvgIpc) is 2.30. The van der Waals surface area contributed by atoms with Crippen LogP contribution in [0.25, 0.3) is 0 Å². The van der Waals surface area contributed by atoms with Crippen molar-refractivity contribution in [2.45, 2.75) is 6.43 Å². The number of hydrogen-bond acceptors (Lipinski definition) is 2. The summed E-state index contributed by atoms with van der Waals surface area (Å²) in [6, 6.07) is 2.75. The second-order valence-electron chi connectivity index (χ2n) is 3.49. The first-order chi connectivity index (χ1) is 8.45. The number of carbonyl (C=O) groups excluding carboxylic acids is 1. The van der Waals surface area contributed by atoms with Crippen LogP contribution in [0.1, 0.15) is 10.4 Å². The monoisotopic (exact) mass is 281 g/mol. The van der Waals surface area contributed by atoms with Crippen molar-refractivity contribution in [3.63, 3.8) is 0 Å². The Morgan fingerprint density at radius 1 is 1.44 bits per heavy atom. The Morgan fingerprint density at radius 3 is 2.67 bits per heavy atom. The van der Waals surface area contributed by atoms with Gasteiger partial charge in [-0.25, -0.2) is 13.2 Å². The molecule has 1 rings (SSSR count). The zero-order valence-corrected chi connectivity index (χ0v) is 10.0. The lowest BCUT2D eigenvalue weighted by molar-refractivity contribution is 0.0568. The Labute approximate surface area is 107 Å². The summed E-state index contributed by atoms with van der Waals surface area (Å²) < 4.78 is 37.5. The van der Waals surface area contributed by atoms with Gasteiger partial charge in [-0.3, -0.25) is 4.79 Å². The lowest BCUT2D eigenvalue weighted by Crippen LogP contribution is -2.36. The number of benzene rings is 1. The predicted octanol–water partition coefficient (Wildman–Crippen LogP) is 2.48. The van der Waals surface area contributed by atoms with Crippen LogP contribution in [0, 0.1) is 5.82 Å². The number of halogens is 4. The molecule has 0 heterocycles. The molecule has 1 N–H and O–H groups in total. The van der Waals surface area contributed by atoms with Crippen LogP contribution in [0.3, 0.4) is 0 Å². The highest BCUT2D eigenvalue weighted by atomic mass is 35.5. The Hall–Kier alpha value is -1.43. The van der Waals surface area contributed by atoms with Gasteiger partial charge in [0.15, 0.2) is 0 Å². The molecule has 0 aliphatic heterocycles. The summed E-state index contributed by atoms with van der Waals surface area (Å²) >= 11 is 5.41. The summed E-state index contributed by atoms with van der Waals surface area (Å²) in [6.07, 6.45) is -2.73. The van der Waals surface area contributed by atoms with E-state index < -0.39 is 30.4 Å². The third-order valence-electron chi connectivity index (χ3n) is 2.19. The van der Waals surface area contributed by atoms with Crippen LogP contribution < -0.4 is 0 Å². The van der Waals surface area contributed by atoms with Crippen molar-refractivity contribution < 1.29 is 23.1 Å². The van der Waals surface area contributed by atoms with E-state index in [1.54, 1.807) is 0 Å². The van der Waals surface area contributed by atoms with Gasteiger partial charge in [0.1, 0.15) is 11.6 Å². The summed E-state index contributed by atoms with van der Waals surface area (Å²) in [5.41, 5.74) is -0.360. The van der Waals surface area contributed by atoms with Crippen molar-refractivity contribution in [3.8, 4) is 5.75 Å². The third kappa shape index (κ3) is 3.80. The van der Waals surface area contributed by atoms with Gasteiger partial charge < -0.3 is 10.0 Å². The zero-order chi connectivity index (χ0) is 13.7. The van der Waals surface area contributed by atoms with Crippen LogP contribution in [0.5, 0.6) is 5.75 Å². The van der Waals surface area contributed by atoms with Gasteiger partial charge in [-0.05, 0) is 18.2 Å². The molecular weight excluding hydrogens is 271 g/mol. The molecule has 0 aliphatic rings. The molecule has 0 fully saturated rings. The van der Waals surface area contributed by atoms with E-state index in [1.807, 2.05) is 0 Å². The second kappa shape index (κ2) is 6.49. The number of hydrogen-bond donors (Lipinski definition) is 1. The molecule has 0 saturated carbocycles. The smallest absolute Gasteiger partial charge is 0.257 e. The van der Waals surface area contributed by atoms with Gasteiger partial charge in [-0.15, -0.1) is 11.6 Å². The van der Waals surface area contributed by atoms with Gasteiger partial charge in [0.05, 0.1) is 12.1 Å². The van der Waals surface area contributed by atoms with Crippen molar-refractivity contribution in [3.05, 3.63) is 29.6 Å². The van der Waals surface area contributed by atoms with Crippen LogP contribution in [0.4, 0.5) is 13.2 Å². The van der Waals surface area contributed by atoms with Gasteiger partial charge in [-0.2, -0.15) is 0 Å². The van der Waals surface area contributed by atoms with E-state index in [-0.39, 0.29) is 18.0 Å². The van der Waals surface area contributed by atoms with Gasteiger partial charge in [-0.1, -0.05) is 0 Å². The molecule has 0 unspecified atom stereocenters. The quantitative estimate of drug-likeness (QED) is 0.843. The number of alkyl halides is 3. The van der Waals surface area contributed by atoms with Gasteiger partial charge in [0.2, 0.25) is 0 Å². The summed E-state index contributed by atoms with van der Waals surface area (Å²) in [5.74, 6) is -2.11. The minimum atomic E-state index is -2.73. The van der Waals surface area contributed by atoms with Gasteiger partial charge in [0.25, 0.3) is 12.3 Å². The Morgan fingerprint density at radius 2 is 2.11 bits per heavy atom. The van der Waals surface area contributed by atoms with E-state index in [9.17, 15) is 23.1 Å². The Bertz CT molecular complexity index is 429. The van der Waals surface area contributed by atoms with E-state index in [2.05, 4.69) is 0 Å². The fourth-order valence-corrected chi connectivity index (χ4v) is 1.60. The average molecular weight is 282 g/mol. The molecule has 0 atom stereocenters. The van der Waals surface area contributed by atoms with E-state index in [0.717, 1.165) is 23.1 Å². The molecule has 3 nitrogen and oxygen atoms in total. The Balaban J connectivity index is 2.97. The number of carbonyl (C=O) groups is 1.